The molecule has 0 amide bonds. The van der Waals surface area contributed by atoms with Gasteiger partial charge in [-0.2, -0.15) is 0 Å². The van der Waals surface area contributed by atoms with Gasteiger partial charge in [0.15, 0.2) is 5.88 Å². The van der Waals surface area contributed by atoms with E-state index >= 15 is 0 Å². The fraction of sp³-hybridized carbons (Fsp3) is 0.714. The van der Waals surface area contributed by atoms with Crippen LogP contribution in [0.25, 0.3) is 0 Å². The highest BCUT2D eigenvalue weighted by Crippen LogP contribution is 2.30. The molecule has 1 fully saturated rings. The van der Waals surface area contributed by atoms with E-state index < -0.39 is 0 Å². The lowest BCUT2D eigenvalue weighted by atomic mass is 9.94. The Morgan fingerprint density at radius 1 is 1.18 bits per heavy atom. The fourth-order valence-electron chi connectivity index (χ4n) is 2.95. The molecule has 1 aliphatic carbocycles. The highest BCUT2D eigenvalue weighted by atomic mass is 16.5. The van der Waals surface area contributed by atoms with Gasteiger partial charge in [-0.05, 0) is 64.1 Å². The number of hydrogen-bond acceptors (Lipinski definition) is 2. The summed E-state index contributed by atoms with van der Waals surface area (Å²) in [6, 6.07) is 2.22. The predicted octanol–water partition coefficient (Wildman–Crippen LogP) is 2.41. The van der Waals surface area contributed by atoms with Crippen molar-refractivity contribution >= 4 is 0 Å². The Morgan fingerprint density at radius 2 is 1.94 bits per heavy atom. The van der Waals surface area contributed by atoms with E-state index in [2.05, 4.69) is 23.3 Å². The third-order valence-corrected chi connectivity index (χ3v) is 4.11. The Balaban J connectivity index is 1.73. The topological polar surface area (TPSA) is 37.0 Å². The number of nitrogens with one attached hydrogen (secondary N) is 2. The number of H-pyrrole nitrogens is 1. The highest BCUT2D eigenvalue weighted by molar-refractivity contribution is 5.31. The number of aryl methyl sites for hydroxylation is 2. The van der Waals surface area contributed by atoms with Gasteiger partial charge in [0.05, 0.1) is 0 Å². The molecule has 1 aliphatic heterocycles. The first-order valence-corrected chi connectivity index (χ1v) is 6.86. The van der Waals surface area contributed by atoms with Crippen molar-refractivity contribution in [3.8, 4) is 5.88 Å². The zero-order valence-electron chi connectivity index (χ0n) is 10.6. The van der Waals surface area contributed by atoms with Crippen LogP contribution in [0.3, 0.4) is 0 Å². The van der Waals surface area contributed by atoms with Gasteiger partial charge in [0.2, 0.25) is 0 Å². The zero-order chi connectivity index (χ0) is 11.7. The van der Waals surface area contributed by atoms with Crippen molar-refractivity contribution in [1.82, 2.24) is 10.3 Å². The van der Waals surface area contributed by atoms with Gasteiger partial charge >= 0.3 is 0 Å². The van der Waals surface area contributed by atoms with Crippen molar-refractivity contribution in [2.45, 2.75) is 51.0 Å². The molecule has 0 unspecified atom stereocenters. The lowest BCUT2D eigenvalue weighted by Gasteiger charge is -2.34. The molecule has 0 bridgehead atoms. The van der Waals surface area contributed by atoms with Gasteiger partial charge < -0.3 is 15.0 Å². The van der Waals surface area contributed by atoms with Crippen LogP contribution in [0.4, 0.5) is 0 Å². The number of aromatic amines is 1. The molecule has 1 aromatic heterocycles. The average Bonchev–Trinajstić information content (AvgIpc) is 2.71. The number of ether oxygens (including phenoxy) is 1. The standard InChI is InChI=1S/C14H22N2O/c1-14(6-8-15-9-7-14)17-13-10-11-4-2-3-5-12(11)16-13/h10,15-16H,2-9H2,1H3. The van der Waals surface area contributed by atoms with Crippen LogP contribution in [-0.2, 0) is 12.8 Å². The molecule has 0 aromatic carbocycles. The van der Waals surface area contributed by atoms with E-state index in [1.54, 1.807) is 0 Å². The number of fused-ring (bicyclic) bond motifs is 1. The number of rotatable bonds is 2. The smallest absolute Gasteiger partial charge is 0.191 e. The van der Waals surface area contributed by atoms with Crippen molar-refractivity contribution in [3.63, 3.8) is 0 Å². The van der Waals surface area contributed by atoms with Crippen molar-refractivity contribution in [3.05, 3.63) is 17.3 Å². The quantitative estimate of drug-likeness (QED) is 0.824. The monoisotopic (exact) mass is 234 g/mol. The van der Waals surface area contributed by atoms with Gasteiger partial charge in [-0.3, -0.25) is 0 Å². The molecular weight excluding hydrogens is 212 g/mol. The molecule has 0 spiro atoms. The lowest BCUT2D eigenvalue weighted by Crippen LogP contribution is -2.43. The number of piperidine rings is 1. The lowest BCUT2D eigenvalue weighted by molar-refractivity contribution is 0.0513. The second-order valence-corrected chi connectivity index (χ2v) is 5.65. The predicted molar refractivity (Wildman–Crippen MR) is 68.6 cm³/mol. The molecule has 2 aliphatic rings. The Bertz CT molecular complexity index is 367. The van der Waals surface area contributed by atoms with Crippen LogP contribution in [0.15, 0.2) is 6.07 Å². The molecule has 3 heteroatoms. The maximum absolute atomic E-state index is 6.20. The Morgan fingerprint density at radius 3 is 2.71 bits per heavy atom. The van der Waals surface area contributed by atoms with Gasteiger partial charge in [0.1, 0.15) is 5.60 Å². The van der Waals surface area contributed by atoms with Crippen LogP contribution in [0.2, 0.25) is 0 Å². The normalized spacial score (nSPS) is 23.1. The van der Waals surface area contributed by atoms with E-state index in [-0.39, 0.29) is 5.60 Å². The minimum absolute atomic E-state index is 0.0126. The van der Waals surface area contributed by atoms with Crippen LogP contribution in [0.5, 0.6) is 5.88 Å². The summed E-state index contributed by atoms with van der Waals surface area (Å²) in [7, 11) is 0. The molecule has 17 heavy (non-hydrogen) atoms. The van der Waals surface area contributed by atoms with Crippen molar-refractivity contribution in [2.24, 2.45) is 0 Å². The van der Waals surface area contributed by atoms with Crippen LogP contribution < -0.4 is 10.1 Å². The van der Waals surface area contributed by atoms with Crippen LogP contribution >= 0.6 is 0 Å². The summed E-state index contributed by atoms with van der Waals surface area (Å²) in [5.74, 6) is 0.987. The molecule has 1 aromatic rings. The zero-order valence-corrected chi connectivity index (χ0v) is 10.6. The van der Waals surface area contributed by atoms with Gasteiger partial charge in [-0.15, -0.1) is 0 Å². The molecule has 94 valence electrons. The minimum Gasteiger partial charge on any atom is -0.473 e. The number of hydrogen-bond donors (Lipinski definition) is 2. The Kier molecular flexibility index (Phi) is 2.87. The average molecular weight is 234 g/mol. The third kappa shape index (κ3) is 2.34. The number of aromatic nitrogens is 1. The summed E-state index contributed by atoms with van der Waals surface area (Å²) >= 11 is 0. The van der Waals surface area contributed by atoms with E-state index in [4.69, 9.17) is 4.74 Å². The van der Waals surface area contributed by atoms with Gasteiger partial charge in [0, 0.05) is 11.8 Å². The molecular formula is C14H22N2O. The molecule has 2 N–H and O–H groups in total. The SMILES string of the molecule is CC1(Oc2cc3c([nH]2)CCCC3)CCNCC1. The molecule has 1 saturated heterocycles. The van der Waals surface area contributed by atoms with Crippen molar-refractivity contribution in [2.75, 3.05) is 13.1 Å². The van der Waals surface area contributed by atoms with Crippen molar-refractivity contribution < 1.29 is 4.74 Å². The molecule has 3 rings (SSSR count). The summed E-state index contributed by atoms with van der Waals surface area (Å²) in [6.45, 7) is 4.36. The first-order valence-electron chi connectivity index (χ1n) is 6.86. The summed E-state index contributed by atoms with van der Waals surface area (Å²) in [4.78, 5) is 3.46. The summed E-state index contributed by atoms with van der Waals surface area (Å²) in [5.41, 5.74) is 2.89. The maximum atomic E-state index is 6.20. The van der Waals surface area contributed by atoms with Gasteiger partial charge in [-0.1, -0.05) is 0 Å². The second-order valence-electron chi connectivity index (χ2n) is 5.65. The molecule has 0 atom stereocenters. The Hall–Kier alpha value is -0.960. The van der Waals surface area contributed by atoms with Crippen LogP contribution in [0, 0.1) is 0 Å². The fourth-order valence-corrected chi connectivity index (χ4v) is 2.95. The summed E-state index contributed by atoms with van der Waals surface area (Å²) < 4.78 is 6.20. The van der Waals surface area contributed by atoms with Crippen LogP contribution in [-0.4, -0.2) is 23.7 Å². The van der Waals surface area contributed by atoms with Gasteiger partial charge in [-0.25, -0.2) is 0 Å². The Labute approximate surface area is 103 Å². The van der Waals surface area contributed by atoms with E-state index in [9.17, 15) is 0 Å². The first-order chi connectivity index (χ1) is 8.25. The highest BCUT2D eigenvalue weighted by Gasteiger charge is 2.29. The second kappa shape index (κ2) is 4.37. The van der Waals surface area contributed by atoms with Crippen molar-refractivity contribution in [1.29, 1.82) is 0 Å². The van der Waals surface area contributed by atoms with Gasteiger partial charge in [0.25, 0.3) is 0 Å². The largest absolute Gasteiger partial charge is 0.473 e. The molecule has 0 radical (unpaired) electrons. The maximum Gasteiger partial charge on any atom is 0.191 e. The van der Waals surface area contributed by atoms with Crippen LogP contribution in [0.1, 0.15) is 43.9 Å². The van der Waals surface area contributed by atoms with E-state index in [0.29, 0.717) is 0 Å². The third-order valence-electron chi connectivity index (χ3n) is 4.11. The minimum atomic E-state index is 0.0126. The molecule has 0 saturated carbocycles. The molecule has 2 heterocycles. The first kappa shape index (κ1) is 11.1. The summed E-state index contributed by atoms with van der Waals surface area (Å²) in [6.07, 6.45) is 7.23. The van der Waals surface area contributed by atoms with E-state index in [1.807, 2.05) is 0 Å². The van der Waals surface area contributed by atoms with E-state index in [0.717, 1.165) is 31.8 Å². The van der Waals surface area contributed by atoms with E-state index in [1.165, 1.54) is 36.9 Å². The summed E-state index contributed by atoms with van der Waals surface area (Å²) in [5, 5.41) is 3.38. The molecule has 3 nitrogen and oxygen atoms in total.